The summed E-state index contributed by atoms with van der Waals surface area (Å²) < 4.78 is 0. The van der Waals surface area contributed by atoms with Gasteiger partial charge in [0.15, 0.2) is 0 Å². The molecule has 0 radical (unpaired) electrons. The van der Waals surface area contributed by atoms with Gasteiger partial charge in [0.2, 0.25) is 0 Å². The fraction of sp³-hybridized carbons (Fsp3) is 0.600. The number of likely N-dealkylation sites (tertiary alicyclic amines) is 1. The Morgan fingerprint density at radius 3 is 2.56 bits per heavy atom. The van der Waals surface area contributed by atoms with E-state index in [0.29, 0.717) is 12.1 Å². The van der Waals surface area contributed by atoms with E-state index in [-0.39, 0.29) is 16.9 Å². The molecule has 2 bridgehead atoms. The van der Waals surface area contributed by atoms with Crippen molar-refractivity contribution in [3.8, 4) is 11.5 Å². The molecule has 98 valence electrons. The third-order valence-electron chi connectivity index (χ3n) is 5.22. The van der Waals surface area contributed by atoms with Crippen LogP contribution in [0.2, 0.25) is 0 Å². The molecule has 3 heteroatoms. The number of rotatable bonds is 1. The zero-order valence-corrected chi connectivity index (χ0v) is 11.1. The maximum Gasteiger partial charge on any atom is 0.119 e. The molecule has 3 rings (SSSR count). The number of benzene rings is 1. The molecule has 18 heavy (non-hydrogen) atoms. The van der Waals surface area contributed by atoms with Gasteiger partial charge in [-0.05, 0) is 50.9 Å². The first-order valence-electron chi connectivity index (χ1n) is 6.78. The Labute approximate surface area is 108 Å². The fourth-order valence-electron chi connectivity index (χ4n) is 4.10. The van der Waals surface area contributed by atoms with Crippen LogP contribution in [0.25, 0.3) is 0 Å². The SMILES string of the molecule is CC1N(C)C2CCCC1(c1cc(O)cc(O)c1)C2. The molecule has 1 saturated carbocycles. The zero-order chi connectivity index (χ0) is 12.9. The van der Waals surface area contributed by atoms with E-state index in [1.54, 1.807) is 0 Å². The standard InChI is InChI=1S/C15H21NO2/c1-10-15(5-3-4-12(9-15)16(10)2)11-6-13(17)8-14(18)7-11/h6-8,10,12,17-18H,3-5,9H2,1-2H3. The van der Waals surface area contributed by atoms with Crippen LogP contribution in [0, 0.1) is 0 Å². The first-order chi connectivity index (χ1) is 8.53. The number of hydrogen-bond donors (Lipinski definition) is 2. The van der Waals surface area contributed by atoms with E-state index < -0.39 is 0 Å². The molecule has 1 saturated heterocycles. The number of phenols is 2. The summed E-state index contributed by atoms with van der Waals surface area (Å²) >= 11 is 0. The average molecular weight is 247 g/mol. The van der Waals surface area contributed by atoms with Crippen molar-refractivity contribution >= 4 is 0 Å². The highest BCUT2D eigenvalue weighted by Crippen LogP contribution is 2.51. The van der Waals surface area contributed by atoms with Crippen molar-refractivity contribution in [2.45, 2.75) is 50.1 Å². The minimum absolute atomic E-state index is 0.105. The van der Waals surface area contributed by atoms with Crippen molar-refractivity contribution in [2.75, 3.05) is 7.05 Å². The van der Waals surface area contributed by atoms with Crippen molar-refractivity contribution in [2.24, 2.45) is 0 Å². The maximum absolute atomic E-state index is 9.73. The first kappa shape index (κ1) is 11.8. The molecule has 2 fully saturated rings. The van der Waals surface area contributed by atoms with E-state index in [4.69, 9.17) is 0 Å². The fourth-order valence-corrected chi connectivity index (χ4v) is 4.10. The van der Waals surface area contributed by atoms with Gasteiger partial charge in [-0.25, -0.2) is 0 Å². The molecule has 1 aromatic carbocycles. The Morgan fingerprint density at radius 1 is 1.22 bits per heavy atom. The molecule has 1 heterocycles. The highest BCUT2D eigenvalue weighted by atomic mass is 16.3. The third-order valence-corrected chi connectivity index (χ3v) is 5.22. The Morgan fingerprint density at radius 2 is 1.89 bits per heavy atom. The summed E-state index contributed by atoms with van der Waals surface area (Å²) in [5.74, 6) is 0.339. The Hall–Kier alpha value is -1.22. The number of hydrogen-bond acceptors (Lipinski definition) is 3. The summed E-state index contributed by atoms with van der Waals surface area (Å²) in [4.78, 5) is 2.47. The van der Waals surface area contributed by atoms with Crippen LogP contribution in [0.4, 0.5) is 0 Å². The number of likely N-dealkylation sites (N-methyl/N-ethyl adjacent to an activating group) is 1. The van der Waals surface area contributed by atoms with E-state index in [1.165, 1.54) is 18.9 Å². The van der Waals surface area contributed by atoms with E-state index in [9.17, 15) is 10.2 Å². The van der Waals surface area contributed by atoms with Crippen molar-refractivity contribution < 1.29 is 10.2 Å². The van der Waals surface area contributed by atoms with E-state index in [2.05, 4.69) is 18.9 Å². The van der Waals surface area contributed by atoms with Crippen molar-refractivity contribution in [3.05, 3.63) is 23.8 Å². The minimum atomic E-state index is 0.105. The van der Waals surface area contributed by atoms with Gasteiger partial charge in [-0.1, -0.05) is 6.42 Å². The summed E-state index contributed by atoms with van der Waals surface area (Å²) in [6.07, 6.45) is 4.80. The molecule has 3 nitrogen and oxygen atoms in total. The van der Waals surface area contributed by atoms with Crippen LogP contribution < -0.4 is 0 Å². The normalized spacial score (nSPS) is 35.9. The molecule has 0 amide bonds. The highest BCUT2D eigenvalue weighted by molar-refractivity contribution is 5.42. The van der Waals surface area contributed by atoms with Gasteiger partial charge < -0.3 is 10.2 Å². The van der Waals surface area contributed by atoms with Gasteiger partial charge in [-0.3, -0.25) is 4.90 Å². The van der Waals surface area contributed by atoms with Crippen LogP contribution in [0.5, 0.6) is 11.5 Å². The van der Waals surface area contributed by atoms with Gasteiger partial charge in [0.05, 0.1) is 0 Å². The molecule has 2 aliphatic rings. The van der Waals surface area contributed by atoms with Crippen LogP contribution >= 0.6 is 0 Å². The van der Waals surface area contributed by atoms with Crippen LogP contribution in [0.3, 0.4) is 0 Å². The summed E-state index contributed by atoms with van der Waals surface area (Å²) in [6, 6.07) is 6.18. The second-order valence-electron chi connectivity index (χ2n) is 5.99. The van der Waals surface area contributed by atoms with Crippen LogP contribution in [-0.2, 0) is 5.41 Å². The van der Waals surface area contributed by atoms with Gasteiger partial charge in [0, 0.05) is 23.6 Å². The maximum atomic E-state index is 9.73. The number of nitrogens with zero attached hydrogens (tertiary/aromatic N) is 1. The predicted octanol–water partition coefficient (Wildman–Crippen LogP) is 2.61. The second kappa shape index (κ2) is 3.89. The molecular formula is C15H21NO2. The van der Waals surface area contributed by atoms with E-state index in [0.717, 1.165) is 18.4 Å². The van der Waals surface area contributed by atoms with Crippen molar-refractivity contribution in [1.29, 1.82) is 0 Å². The molecule has 2 N–H and O–H groups in total. The highest BCUT2D eigenvalue weighted by Gasteiger charge is 2.51. The van der Waals surface area contributed by atoms with Gasteiger partial charge in [-0.15, -0.1) is 0 Å². The quantitative estimate of drug-likeness (QED) is 0.801. The first-order valence-corrected chi connectivity index (χ1v) is 6.78. The Kier molecular flexibility index (Phi) is 2.56. The smallest absolute Gasteiger partial charge is 0.119 e. The molecule has 1 aromatic rings. The predicted molar refractivity (Wildman–Crippen MR) is 70.9 cm³/mol. The van der Waals surface area contributed by atoms with Crippen LogP contribution in [0.15, 0.2) is 18.2 Å². The molecule has 1 aliphatic heterocycles. The largest absolute Gasteiger partial charge is 0.508 e. The third kappa shape index (κ3) is 1.53. The van der Waals surface area contributed by atoms with Gasteiger partial charge in [-0.2, -0.15) is 0 Å². The average Bonchev–Trinajstić information content (AvgIpc) is 2.51. The zero-order valence-electron chi connectivity index (χ0n) is 11.1. The summed E-state index contributed by atoms with van der Waals surface area (Å²) in [5.41, 5.74) is 1.20. The summed E-state index contributed by atoms with van der Waals surface area (Å²) in [5, 5.41) is 19.5. The Balaban J connectivity index is 2.08. The molecule has 3 atom stereocenters. The topological polar surface area (TPSA) is 43.7 Å². The Bertz CT molecular complexity index is 453. The van der Waals surface area contributed by atoms with Crippen LogP contribution in [0.1, 0.15) is 38.2 Å². The lowest BCUT2D eigenvalue weighted by atomic mass is 9.67. The van der Waals surface area contributed by atoms with Crippen molar-refractivity contribution in [3.63, 3.8) is 0 Å². The van der Waals surface area contributed by atoms with Crippen molar-refractivity contribution in [1.82, 2.24) is 4.90 Å². The molecule has 0 aromatic heterocycles. The monoisotopic (exact) mass is 247 g/mol. The molecule has 0 spiro atoms. The summed E-state index contributed by atoms with van der Waals surface area (Å²) in [6.45, 7) is 2.27. The lowest BCUT2D eigenvalue weighted by molar-refractivity contribution is 0.239. The number of aromatic hydroxyl groups is 2. The molecular weight excluding hydrogens is 226 g/mol. The van der Waals surface area contributed by atoms with Gasteiger partial charge in [0.25, 0.3) is 0 Å². The lowest BCUT2D eigenvalue weighted by Crippen LogP contribution is -2.38. The second-order valence-corrected chi connectivity index (χ2v) is 5.99. The molecule has 1 aliphatic carbocycles. The van der Waals surface area contributed by atoms with Crippen LogP contribution in [-0.4, -0.2) is 34.2 Å². The van der Waals surface area contributed by atoms with E-state index >= 15 is 0 Å². The number of phenolic OH excluding ortho intramolecular Hbond substituents is 2. The van der Waals surface area contributed by atoms with Gasteiger partial charge >= 0.3 is 0 Å². The van der Waals surface area contributed by atoms with E-state index in [1.807, 2.05) is 12.1 Å². The van der Waals surface area contributed by atoms with Gasteiger partial charge in [0.1, 0.15) is 11.5 Å². The number of fused-ring (bicyclic) bond motifs is 2. The molecule has 3 unspecified atom stereocenters. The summed E-state index contributed by atoms with van der Waals surface area (Å²) in [7, 11) is 2.20. The lowest BCUT2D eigenvalue weighted by Gasteiger charge is -2.36. The minimum Gasteiger partial charge on any atom is -0.508 e.